The number of benzene rings is 5. The molecule has 6 heteroatoms. The molecule has 0 bridgehead atoms. The largest absolute Gasteiger partial charge is 0.497 e. The third-order valence-corrected chi connectivity index (χ3v) is 7.72. The summed E-state index contributed by atoms with van der Waals surface area (Å²) < 4.78 is 38.4. The Morgan fingerprint density at radius 1 is 0.750 bits per heavy atom. The molecule has 0 saturated carbocycles. The van der Waals surface area contributed by atoms with Crippen LogP contribution in [0.2, 0.25) is 0 Å². The maximum absolute atomic E-state index is 13.4. The summed E-state index contributed by atoms with van der Waals surface area (Å²) in [6.07, 6.45) is 0. The molecule has 1 N–H and O–H groups in total. The van der Waals surface area contributed by atoms with Crippen molar-refractivity contribution >= 4 is 42.7 Å². The van der Waals surface area contributed by atoms with Crippen LogP contribution >= 0.6 is 0 Å². The number of methoxy groups -OCH3 is 1. The van der Waals surface area contributed by atoms with Gasteiger partial charge in [0.2, 0.25) is 0 Å². The first-order valence-electron chi connectivity index (χ1n) is 11.6. The molecule has 0 aliphatic heterocycles. The van der Waals surface area contributed by atoms with Crippen molar-refractivity contribution in [2.75, 3.05) is 7.11 Å². The number of aromatic amines is 1. The minimum Gasteiger partial charge on any atom is -0.497 e. The van der Waals surface area contributed by atoms with E-state index < -0.39 is 10.1 Å². The molecule has 0 saturated heterocycles. The van der Waals surface area contributed by atoms with Crippen LogP contribution in [-0.4, -0.2) is 20.5 Å². The molecular formula is C30H23NO4S. The highest BCUT2D eigenvalue weighted by atomic mass is 32.2. The molecule has 36 heavy (non-hydrogen) atoms. The second kappa shape index (κ2) is 8.43. The lowest BCUT2D eigenvalue weighted by Crippen LogP contribution is -2.10. The van der Waals surface area contributed by atoms with Crippen LogP contribution in [0.4, 0.5) is 0 Å². The van der Waals surface area contributed by atoms with Gasteiger partial charge in [-0.3, -0.25) is 0 Å². The zero-order chi connectivity index (χ0) is 24.9. The van der Waals surface area contributed by atoms with Crippen LogP contribution in [0.15, 0.2) is 102 Å². The maximum Gasteiger partial charge on any atom is 0.339 e. The predicted molar refractivity (Wildman–Crippen MR) is 144 cm³/mol. The molecule has 0 amide bonds. The van der Waals surface area contributed by atoms with Crippen molar-refractivity contribution in [1.82, 2.24) is 4.98 Å². The second-order valence-electron chi connectivity index (χ2n) is 8.75. The van der Waals surface area contributed by atoms with Crippen LogP contribution < -0.4 is 8.92 Å². The SMILES string of the molecule is COc1ccc2c(OS(=O)(=O)c3ccc(C)cc3)c3[nH]c4ccccc4c3c(-c3ccccc3)c2c1. The topological polar surface area (TPSA) is 68.4 Å². The first-order chi connectivity index (χ1) is 17.5. The van der Waals surface area contributed by atoms with E-state index in [2.05, 4.69) is 17.1 Å². The zero-order valence-electron chi connectivity index (χ0n) is 19.8. The summed E-state index contributed by atoms with van der Waals surface area (Å²) in [5.74, 6) is 0.935. The van der Waals surface area contributed by atoms with Gasteiger partial charge in [-0.1, -0.05) is 66.2 Å². The number of rotatable bonds is 5. The molecule has 178 valence electrons. The van der Waals surface area contributed by atoms with E-state index in [-0.39, 0.29) is 10.6 Å². The molecule has 5 aromatic carbocycles. The summed E-state index contributed by atoms with van der Waals surface area (Å²) in [4.78, 5) is 3.54. The summed E-state index contributed by atoms with van der Waals surface area (Å²) in [6.45, 7) is 1.91. The molecule has 0 aliphatic carbocycles. The number of aryl methyl sites for hydroxylation is 1. The number of H-pyrrole nitrogens is 1. The fourth-order valence-corrected chi connectivity index (χ4v) is 5.71. The summed E-state index contributed by atoms with van der Waals surface area (Å²) in [5.41, 5.74) is 4.49. The van der Waals surface area contributed by atoms with Gasteiger partial charge < -0.3 is 13.9 Å². The fraction of sp³-hybridized carbons (Fsp3) is 0.0667. The van der Waals surface area contributed by atoms with Gasteiger partial charge in [0.15, 0.2) is 5.75 Å². The Morgan fingerprint density at radius 3 is 2.22 bits per heavy atom. The van der Waals surface area contributed by atoms with Gasteiger partial charge in [0.05, 0.1) is 12.6 Å². The summed E-state index contributed by atoms with van der Waals surface area (Å²) in [5, 5.41) is 3.39. The van der Waals surface area contributed by atoms with Crippen molar-refractivity contribution in [3.8, 4) is 22.6 Å². The van der Waals surface area contributed by atoms with Crippen molar-refractivity contribution in [1.29, 1.82) is 0 Å². The fourth-order valence-electron chi connectivity index (χ4n) is 4.75. The molecule has 1 aromatic heterocycles. The number of ether oxygens (including phenoxy) is 1. The van der Waals surface area contributed by atoms with E-state index in [9.17, 15) is 8.42 Å². The monoisotopic (exact) mass is 493 g/mol. The van der Waals surface area contributed by atoms with E-state index in [1.165, 1.54) is 0 Å². The Labute approximate surface area is 209 Å². The molecule has 0 radical (unpaired) electrons. The molecule has 1 heterocycles. The smallest absolute Gasteiger partial charge is 0.339 e. The van der Waals surface area contributed by atoms with Crippen molar-refractivity contribution in [3.05, 3.63) is 103 Å². The predicted octanol–water partition coefficient (Wildman–Crippen LogP) is 7.23. The normalized spacial score (nSPS) is 11.8. The van der Waals surface area contributed by atoms with Gasteiger partial charge in [-0.2, -0.15) is 8.42 Å². The highest BCUT2D eigenvalue weighted by Gasteiger charge is 2.25. The van der Waals surface area contributed by atoms with Crippen LogP contribution in [-0.2, 0) is 10.1 Å². The van der Waals surface area contributed by atoms with Gasteiger partial charge in [-0.05, 0) is 59.8 Å². The van der Waals surface area contributed by atoms with Crippen molar-refractivity contribution < 1.29 is 17.3 Å². The van der Waals surface area contributed by atoms with E-state index in [0.717, 1.165) is 38.4 Å². The van der Waals surface area contributed by atoms with Crippen LogP contribution in [0.1, 0.15) is 5.56 Å². The number of fused-ring (bicyclic) bond motifs is 4. The van der Waals surface area contributed by atoms with Gasteiger partial charge in [-0.25, -0.2) is 0 Å². The standard InChI is InChI=1S/C30H23NO4S/c1-19-12-15-22(16-13-19)36(32,33)35-30-23-17-14-21(34-2)18-25(23)27(20-8-4-3-5-9-20)28-24-10-6-7-11-26(24)31-29(28)30/h3-18,31H,1-2H3. The lowest BCUT2D eigenvalue weighted by atomic mass is 9.92. The maximum atomic E-state index is 13.4. The Bertz CT molecular complexity index is 1860. The average Bonchev–Trinajstić information content (AvgIpc) is 3.28. The Hall–Kier alpha value is -4.29. The van der Waals surface area contributed by atoms with Crippen molar-refractivity contribution in [2.45, 2.75) is 11.8 Å². The zero-order valence-corrected chi connectivity index (χ0v) is 20.6. The number of para-hydroxylation sites is 1. The number of nitrogens with one attached hydrogen (secondary N) is 1. The molecule has 0 atom stereocenters. The van der Waals surface area contributed by atoms with Crippen LogP contribution in [0.25, 0.3) is 43.7 Å². The summed E-state index contributed by atoms with van der Waals surface area (Å²) >= 11 is 0. The molecule has 0 unspecified atom stereocenters. The second-order valence-corrected chi connectivity index (χ2v) is 10.3. The summed E-state index contributed by atoms with van der Waals surface area (Å²) in [7, 11) is -2.48. The van der Waals surface area contributed by atoms with Crippen LogP contribution in [0.5, 0.6) is 11.5 Å². The van der Waals surface area contributed by atoms with Crippen molar-refractivity contribution in [3.63, 3.8) is 0 Å². The van der Waals surface area contributed by atoms with Gasteiger partial charge in [0.25, 0.3) is 0 Å². The Kier molecular flexibility index (Phi) is 5.20. The van der Waals surface area contributed by atoms with Gasteiger partial charge in [-0.15, -0.1) is 0 Å². The highest BCUT2D eigenvalue weighted by molar-refractivity contribution is 7.87. The molecule has 5 nitrogen and oxygen atoms in total. The van der Waals surface area contributed by atoms with E-state index >= 15 is 0 Å². The van der Waals surface area contributed by atoms with Crippen molar-refractivity contribution in [2.24, 2.45) is 0 Å². The van der Waals surface area contributed by atoms with E-state index in [1.54, 1.807) is 31.4 Å². The number of hydrogen-bond acceptors (Lipinski definition) is 4. The molecule has 6 aromatic rings. The third kappa shape index (κ3) is 3.58. The van der Waals surface area contributed by atoms with E-state index in [4.69, 9.17) is 8.92 Å². The molecule has 6 rings (SSSR count). The highest BCUT2D eigenvalue weighted by Crippen LogP contribution is 2.47. The lowest BCUT2D eigenvalue weighted by molar-refractivity contribution is 0.415. The Balaban J connectivity index is 1.75. The average molecular weight is 494 g/mol. The minimum absolute atomic E-state index is 0.103. The van der Waals surface area contributed by atoms with Gasteiger partial charge in [0, 0.05) is 21.7 Å². The first kappa shape index (κ1) is 22.2. The van der Waals surface area contributed by atoms with Gasteiger partial charge >= 0.3 is 10.1 Å². The van der Waals surface area contributed by atoms with E-state index in [1.807, 2.05) is 67.6 Å². The van der Waals surface area contributed by atoms with Gasteiger partial charge in [0.1, 0.15) is 10.6 Å². The molecule has 0 spiro atoms. The number of hydrogen-bond donors (Lipinski definition) is 1. The molecular weight excluding hydrogens is 470 g/mol. The van der Waals surface area contributed by atoms with Crippen LogP contribution in [0.3, 0.4) is 0 Å². The quantitative estimate of drug-likeness (QED) is 0.257. The Morgan fingerprint density at radius 2 is 1.47 bits per heavy atom. The van der Waals surface area contributed by atoms with E-state index in [0.29, 0.717) is 16.7 Å². The minimum atomic E-state index is -4.09. The third-order valence-electron chi connectivity index (χ3n) is 6.49. The van der Waals surface area contributed by atoms with Crippen LogP contribution in [0, 0.1) is 6.92 Å². The number of aromatic nitrogens is 1. The molecule has 0 aliphatic rings. The lowest BCUT2D eigenvalue weighted by Gasteiger charge is -2.16. The summed E-state index contributed by atoms with van der Waals surface area (Å²) in [6, 6.07) is 30.3. The molecule has 0 fully saturated rings. The first-order valence-corrected chi connectivity index (χ1v) is 13.0.